The highest BCUT2D eigenvalue weighted by molar-refractivity contribution is 5.92. The van der Waals surface area contributed by atoms with Crippen molar-refractivity contribution in [2.75, 3.05) is 0 Å². The van der Waals surface area contributed by atoms with Gasteiger partial charge in [-0.05, 0) is 38.5 Å². The van der Waals surface area contributed by atoms with Crippen LogP contribution in [0.15, 0.2) is 29.2 Å². The first-order chi connectivity index (χ1) is 8.41. The van der Waals surface area contributed by atoms with Crippen LogP contribution in [0.1, 0.15) is 35.8 Å². The number of hydrogen-bond acceptors (Lipinski definition) is 2. The van der Waals surface area contributed by atoms with Gasteiger partial charge in [-0.1, -0.05) is 6.07 Å². The zero-order valence-electron chi connectivity index (χ0n) is 10.6. The molecule has 0 amide bonds. The van der Waals surface area contributed by atoms with E-state index in [1.165, 1.54) is 6.20 Å². The molecule has 0 atom stereocenters. The fourth-order valence-corrected chi connectivity index (χ4v) is 2.04. The zero-order chi connectivity index (χ0) is 13.4. The van der Waals surface area contributed by atoms with Crippen molar-refractivity contribution >= 4 is 16.9 Å². The molecule has 0 saturated carbocycles. The van der Waals surface area contributed by atoms with E-state index in [9.17, 15) is 9.59 Å². The summed E-state index contributed by atoms with van der Waals surface area (Å²) in [5.74, 6) is -1.18. The van der Waals surface area contributed by atoms with Crippen LogP contribution in [-0.2, 0) is 0 Å². The van der Waals surface area contributed by atoms with E-state index in [0.717, 1.165) is 11.1 Å². The second-order valence-corrected chi connectivity index (χ2v) is 4.70. The van der Waals surface area contributed by atoms with Crippen LogP contribution in [0.5, 0.6) is 0 Å². The molecule has 0 fully saturated rings. The Bertz CT molecular complexity index is 683. The molecule has 4 nitrogen and oxygen atoms in total. The highest BCUT2D eigenvalue weighted by Gasteiger charge is 2.15. The lowest BCUT2D eigenvalue weighted by Gasteiger charge is -2.16. The van der Waals surface area contributed by atoms with Gasteiger partial charge in [0.25, 0.3) is 0 Å². The molecular formula is C14H15NO3. The van der Waals surface area contributed by atoms with Crippen LogP contribution in [0.2, 0.25) is 0 Å². The summed E-state index contributed by atoms with van der Waals surface area (Å²) < 4.78 is 1.83. The summed E-state index contributed by atoms with van der Waals surface area (Å²) in [6.45, 7) is 5.86. The molecular weight excluding hydrogens is 230 g/mol. The maximum Gasteiger partial charge on any atom is 0.341 e. The van der Waals surface area contributed by atoms with E-state index >= 15 is 0 Å². The number of hydrogen-bond donors (Lipinski definition) is 1. The number of pyridine rings is 1. The quantitative estimate of drug-likeness (QED) is 0.884. The molecule has 2 aromatic rings. The number of benzene rings is 1. The van der Waals surface area contributed by atoms with E-state index in [4.69, 9.17) is 5.11 Å². The van der Waals surface area contributed by atoms with Crippen LogP contribution < -0.4 is 5.43 Å². The van der Waals surface area contributed by atoms with Gasteiger partial charge >= 0.3 is 5.97 Å². The molecule has 0 radical (unpaired) electrons. The van der Waals surface area contributed by atoms with Crippen LogP contribution in [0.25, 0.3) is 10.9 Å². The average Bonchev–Trinajstić information content (AvgIpc) is 2.28. The molecule has 4 heteroatoms. The number of nitrogens with zero attached hydrogens (tertiary/aromatic N) is 1. The lowest BCUT2D eigenvalue weighted by atomic mass is 10.1. The van der Waals surface area contributed by atoms with Crippen molar-refractivity contribution in [1.82, 2.24) is 4.57 Å². The Kier molecular flexibility index (Phi) is 2.95. The lowest BCUT2D eigenvalue weighted by Crippen LogP contribution is -2.19. The van der Waals surface area contributed by atoms with E-state index in [2.05, 4.69) is 0 Å². The van der Waals surface area contributed by atoms with Crippen LogP contribution in [0.4, 0.5) is 0 Å². The first-order valence-corrected chi connectivity index (χ1v) is 5.80. The summed E-state index contributed by atoms with van der Waals surface area (Å²) in [6, 6.07) is 5.51. The molecule has 0 aliphatic heterocycles. The summed E-state index contributed by atoms with van der Waals surface area (Å²) in [5.41, 5.74) is 1.22. The molecule has 0 bridgehead atoms. The van der Waals surface area contributed by atoms with Crippen molar-refractivity contribution < 1.29 is 9.90 Å². The van der Waals surface area contributed by atoms with Crippen molar-refractivity contribution in [2.45, 2.75) is 26.8 Å². The smallest absolute Gasteiger partial charge is 0.341 e. The van der Waals surface area contributed by atoms with E-state index in [0.29, 0.717) is 5.39 Å². The molecule has 0 saturated heterocycles. The predicted octanol–water partition coefficient (Wildman–Crippen LogP) is 2.59. The second kappa shape index (κ2) is 4.29. The van der Waals surface area contributed by atoms with E-state index in [-0.39, 0.29) is 11.6 Å². The number of aryl methyl sites for hydroxylation is 1. The number of rotatable bonds is 2. The molecule has 0 unspecified atom stereocenters. The third-order valence-electron chi connectivity index (χ3n) is 2.98. The van der Waals surface area contributed by atoms with Gasteiger partial charge in [-0.2, -0.15) is 0 Å². The van der Waals surface area contributed by atoms with Gasteiger partial charge < -0.3 is 9.67 Å². The maximum absolute atomic E-state index is 12.1. The molecule has 2 rings (SSSR count). The Morgan fingerprint density at radius 2 is 2.00 bits per heavy atom. The van der Waals surface area contributed by atoms with Gasteiger partial charge in [-0.25, -0.2) is 4.79 Å². The summed E-state index contributed by atoms with van der Waals surface area (Å²) in [6.07, 6.45) is 1.43. The second-order valence-electron chi connectivity index (χ2n) is 4.70. The summed E-state index contributed by atoms with van der Waals surface area (Å²) in [4.78, 5) is 23.2. The Morgan fingerprint density at radius 3 is 2.56 bits per heavy atom. The number of aromatic nitrogens is 1. The van der Waals surface area contributed by atoms with Crippen LogP contribution in [-0.4, -0.2) is 15.6 Å². The standard InChI is InChI=1S/C14H15NO3/c1-8(2)15-7-11(14(17)18)13(16)10-5-4-9(3)6-12(10)15/h4-8H,1-3H3,(H,17,18). The molecule has 1 aromatic heterocycles. The Labute approximate surface area is 104 Å². The fourth-order valence-electron chi connectivity index (χ4n) is 2.04. The number of carboxylic acids is 1. The largest absolute Gasteiger partial charge is 0.477 e. The molecule has 18 heavy (non-hydrogen) atoms. The first-order valence-electron chi connectivity index (χ1n) is 5.80. The number of aromatic carboxylic acids is 1. The SMILES string of the molecule is Cc1ccc2c(=O)c(C(=O)O)cn(C(C)C)c2c1. The minimum absolute atomic E-state index is 0.0907. The monoisotopic (exact) mass is 245 g/mol. The third-order valence-corrected chi connectivity index (χ3v) is 2.98. The van der Waals surface area contributed by atoms with Crippen LogP contribution in [0, 0.1) is 6.92 Å². The lowest BCUT2D eigenvalue weighted by molar-refractivity contribution is 0.0695. The predicted molar refractivity (Wildman–Crippen MR) is 70.3 cm³/mol. The van der Waals surface area contributed by atoms with E-state index in [1.807, 2.05) is 37.5 Å². The van der Waals surface area contributed by atoms with Crippen molar-refractivity contribution in [3.05, 3.63) is 45.7 Å². The van der Waals surface area contributed by atoms with E-state index in [1.54, 1.807) is 6.07 Å². The fraction of sp³-hybridized carbons (Fsp3) is 0.286. The molecule has 0 aliphatic rings. The zero-order valence-corrected chi connectivity index (χ0v) is 10.6. The molecule has 1 heterocycles. The third kappa shape index (κ3) is 1.90. The van der Waals surface area contributed by atoms with E-state index < -0.39 is 11.4 Å². The maximum atomic E-state index is 12.1. The minimum Gasteiger partial charge on any atom is -0.477 e. The highest BCUT2D eigenvalue weighted by atomic mass is 16.4. The Morgan fingerprint density at radius 1 is 1.33 bits per heavy atom. The number of carbonyl (C=O) groups is 1. The van der Waals surface area contributed by atoms with Crippen molar-refractivity contribution in [3.8, 4) is 0 Å². The van der Waals surface area contributed by atoms with Gasteiger partial charge in [0.1, 0.15) is 5.56 Å². The van der Waals surface area contributed by atoms with Gasteiger partial charge in [-0.15, -0.1) is 0 Å². The highest BCUT2D eigenvalue weighted by Crippen LogP contribution is 2.18. The van der Waals surface area contributed by atoms with Crippen molar-refractivity contribution in [3.63, 3.8) is 0 Å². The van der Waals surface area contributed by atoms with Crippen LogP contribution in [0.3, 0.4) is 0 Å². The molecule has 94 valence electrons. The summed E-state index contributed by atoms with van der Waals surface area (Å²) >= 11 is 0. The molecule has 1 aromatic carbocycles. The molecule has 0 aliphatic carbocycles. The molecule has 0 spiro atoms. The van der Waals surface area contributed by atoms with Crippen LogP contribution >= 0.6 is 0 Å². The summed E-state index contributed by atoms with van der Waals surface area (Å²) in [5, 5.41) is 9.53. The van der Waals surface area contributed by atoms with Gasteiger partial charge in [0.2, 0.25) is 5.43 Å². The van der Waals surface area contributed by atoms with Gasteiger partial charge in [0, 0.05) is 17.6 Å². The Hall–Kier alpha value is -2.10. The minimum atomic E-state index is -1.18. The first kappa shape index (κ1) is 12.4. The summed E-state index contributed by atoms with van der Waals surface area (Å²) in [7, 11) is 0. The van der Waals surface area contributed by atoms with Crippen molar-refractivity contribution in [2.24, 2.45) is 0 Å². The van der Waals surface area contributed by atoms with Crippen molar-refractivity contribution in [1.29, 1.82) is 0 Å². The Balaban J connectivity index is 2.97. The van der Waals surface area contributed by atoms with Gasteiger partial charge in [0.15, 0.2) is 0 Å². The average molecular weight is 245 g/mol. The van der Waals surface area contributed by atoms with Gasteiger partial charge in [-0.3, -0.25) is 4.79 Å². The topological polar surface area (TPSA) is 59.3 Å². The number of carboxylic acid groups (broad SMARTS) is 1. The molecule has 1 N–H and O–H groups in total. The normalized spacial score (nSPS) is 11.1. The number of fused-ring (bicyclic) bond motifs is 1. The van der Waals surface area contributed by atoms with Gasteiger partial charge in [0.05, 0.1) is 5.52 Å².